The van der Waals surface area contributed by atoms with E-state index in [1.54, 1.807) is 10.9 Å². The van der Waals surface area contributed by atoms with Gasteiger partial charge in [-0.1, -0.05) is 48.5 Å². The predicted octanol–water partition coefficient (Wildman–Crippen LogP) is 3.09. The van der Waals surface area contributed by atoms with Crippen molar-refractivity contribution in [2.24, 2.45) is 5.10 Å². The summed E-state index contributed by atoms with van der Waals surface area (Å²) in [5.74, 6) is -0.430. The quantitative estimate of drug-likeness (QED) is 0.433. The van der Waals surface area contributed by atoms with Crippen LogP contribution >= 0.6 is 0 Å². The highest BCUT2D eigenvalue weighted by atomic mass is 16.2. The average Bonchev–Trinajstić information content (AvgIpc) is 3.20. The van der Waals surface area contributed by atoms with Gasteiger partial charge in [-0.25, -0.2) is 15.1 Å². The Bertz CT molecular complexity index is 1090. The Kier molecular flexibility index (Phi) is 4.97. The van der Waals surface area contributed by atoms with Crippen molar-refractivity contribution < 1.29 is 4.79 Å². The van der Waals surface area contributed by atoms with E-state index < -0.39 is 5.91 Å². The van der Waals surface area contributed by atoms with E-state index in [4.69, 9.17) is 5.10 Å². The summed E-state index contributed by atoms with van der Waals surface area (Å²) in [5, 5.41) is 8.76. The molecule has 0 unspecified atom stereocenters. The van der Waals surface area contributed by atoms with Gasteiger partial charge in [-0.15, -0.1) is 0 Å². The molecule has 0 aliphatic rings. The highest BCUT2D eigenvalue weighted by Gasteiger charge is 2.11. The monoisotopic (exact) mass is 368 g/mol. The molecule has 1 amide bonds. The fourth-order valence-corrected chi connectivity index (χ4v) is 2.65. The number of benzene rings is 2. The maximum Gasteiger partial charge on any atom is 0.291 e. The molecule has 2 aromatic heterocycles. The summed E-state index contributed by atoms with van der Waals surface area (Å²) in [7, 11) is 0. The zero-order chi connectivity index (χ0) is 19.2. The number of carbonyl (C=O) groups is 1. The minimum absolute atomic E-state index is 0.197. The van der Waals surface area contributed by atoms with E-state index in [0.717, 1.165) is 22.5 Å². The molecular weight excluding hydrogens is 352 g/mol. The summed E-state index contributed by atoms with van der Waals surface area (Å²) >= 11 is 0. The molecule has 0 bridgehead atoms. The molecule has 2 heterocycles. The second kappa shape index (κ2) is 8.05. The van der Waals surface area contributed by atoms with Gasteiger partial charge in [-0.3, -0.25) is 9.78 Å². The number of hydrazone groups is 1. The lowest BCUT2D eigenvalue weighted by atomic mass is 10.1. The summed E-state index contributed by atoms with van der Waals surface area (Å²) in [6.45, 7) is 0. The summed E-state index contributed by atoms with van der Waals surface area (Å²) in [6.07, 6.45) is 7.78. The van der Waals surface area contributed by atoms with Gasteiger partial charge < -0.3 is 0 Å². The van der Waals surface area contributed by atoms with Crippen LogP contribution in [0.25, 0.3) is 16.9 Å². The van der Waals surface area contributed by atoms with Crippen LogP contribution < -0.4 is 5.43 Å². The van der Waals surface area contributed by atoms with Crippen LogP contribution in [0.5, 0.6) is 0 Å². The highest BCUT2D eigenvalue weighted by molar-refractivity contribution is 5.94. The van der Waals surface area contributed by atoms with Gasteiger partial charge in [0.1, 0.15) is 11.4 Å². The van der Waals surface area contributed by atoms with Crippen LogP contribution in [0, 0.1) is 0 Å². The lowest BCUT2D eigenvalue weighted by Crippen LogP contribution is -2.19. The first kappa shape index (κ1) is 17.3. The number of rotatable bonds is 5. The summed E-state index contributed by atoms with van der Waals surface area (Å²) in [5.41, 5.74) is 6.09. The largest absolute Gasteiger partial charge is 0.291 e. The SMILES string of the molecule is O=C(N/N=C\c1cn(-c2ccccc2)nc1-c1ccccc1)c1cnccn1. The van der Waals surface area contributed by atoms with Gasteiger partial charge >= 0.3 is 0 Å². The molecular formula is C21H16N6O. The molecule has 0 spiro atoms. The third-order valence-electron chi connectivity index (χ3n) is 3.98. The average molecular weight is 368 g/mol. The Morgan fingerprint density at radius 1 is 1.00 bits per heavy atom. The van der Waals surface area contributed by atoms with Crippen molar-refractivity contribution >= 4 is 12.1 Å². The zero-order valence-electron chi connectivity index (χ0n) is 14.8. The first-order valence-corrected chi connectivity index (χ1v) is 8.61. The number of amides is 1. The fourth-order valence-electron chi connectivity index (χ4n) is 2.65. The second-order valence-electron chi connectivity index (χ2n) is 5.87. The normalized spacial score (nSPS) is 10.9. The molecule has 136 valence electrons. The van der Waals surface area contributed by atoms with Crippen molar-refractivity contribution in [2.45, 2.75) is 0 Å². The Hall–Kier alpha value is -4.13. The van der Waals surface area contributed by atoms with E-state index in [-0.39, 0.29) is 5.69 Å². The second-order valence-corrected chi connectivity index (χ2v) is 5.87. The minimum atomic E-state index is -0.430. The van der Waals surface area contributed by atoms with Crippen LogP contribution in [0.15, 0.2) is 90.6 Å². The van der Waals surface area contributed by atoms with Gasteiger partial charge in [0.05, 0.1) is 18.1 Å². The van der Waals surface area contributed by atoms with E-state index >= 15 is 0 Å². The lowest BCUT2D eigenvalue weighted by molar-refractivity contribution is 0.0949. The Balaban J connectivity index is 1.63. The molecule has 0 aliphatic heterocycles. The number of nitrogens with one attached hydrogen (secondary N) is 1. The van der Waals surface area contributed by atoms with Gasteiger partial charge in [-0.2, -0.15) is 10.2 Å². The van der Waals surface area contributed by atoms with Crippen LogP contribution in [-0.2, 0) is 0 Å². The van der Waals surface area contributed by atoms with Crippen LogP contribution in [-0.4, -0.2) is 31.9 Å². The third-order valence-corrected chi connectivity index (χ3v) is 3.98. The van der Waals surface area contributed by atoms with Crippen LogP contribution in [0.2, 0.25) is 0 Å². The molecule has 2 aromatic carbocycles. The number of hydrogen-bond acceptors (Lipinski definition) is 5. The molecule has 0 atom stereocenters. The van der Waals surface area contributed by atoms with E-state index in [2.05, 4.69) is 20.5 Å². The molecule has 4 aromatic rings. The Morgan fingerprint density at radius 2 is 1.75 bits per heavy atom. The number of nitrogens with zero attached hydrogens (tertiary/aromatic N) is 5. The fraction of sp³-hybridized carbons (Fsp3) is 0. The highest BCUT2D eigenvalue weighted by Crippen LogP contribution is 2.22. The summed E-state index contributed by atoms with van der Waals surface area (Å²) < 4.78 is 1.79. The van der Waals surface area contributed by atoms with E-state index in [9.17, 15) is 4.79 Å². The molecule has 0 saturated heterocycles. The molecule has 7 nitrogen and oxygen atoms in total. The van der Waals surface area contributed by atoms with E-state index in [1.807, 2.05) is 66.9 Å². The zero-order valence-corrected chi connectivity index (χ0v) is 14.8. The van der Waals surface area contributed by atoms with Crippen molar-refractivity contribution in [2.75, 3.05) is 0 Å². The Morgan fingerprint density at radius 3 is 2.46 bits per heavy atom. The van der Waals surface area contributed by atoms with Gasteiger partial charge in [0.25, 0.3) is 5.91 Å². The van der Waals surface area contributed by atoms with Gasteiger partial charge in [-0.05, 0) is 12.1 Å². The number of carbonyl (C=O) groups excluding carboxylic acids is 1. The molecule has 1 N–H and O–H groups in total. The van der Waals surface area contributed by atoms with Crippen molar-refractivity contribution in [3.05, 3.63) is 96.7 Å². The van der Waals surface area contributed by atoms with E-state index in [0.29, 0.717) is 0 Å². The third kappa shape index (κ3) is 3.83. The standard InChI is InChI=1S/C21H16N6O/c28-21(19-14-22-11-12-23-19)25-24-13-17-15-27(18-9-5-2-6-10-18)26-20(17)16-7-3-1-4-8-16/h1-15H,(H,25,28)/b24-13-. The van der Waals surface area contributed by atoms with Crippen molar-refractivity contribution in [3.63, 3.8) is 0 Å². The van der Waals surface area contributed by atoms with Gasteiger partial charge in [0.2, 0.25) is 0 Å². The predicted molar refractivity (Wildman–Crippen MR) is 106 cm³/mol. The maximum absolute atomic E-state index is 12.1. The van der Waals surface area contributed by atoms with Gasteiger partial charge in [0.15, 0.2) is 0 Å². The molecule has 0 aliphatic carbocycles. The van der Waals surface area contributed by atoms with Crippen molar-refractivity contribution in [1.82, 2.24) is 25.2 Å². The minimum Gasteiger partial charge on any atom is -0.265 e. The summed E-state index contributed by atoms with van der Waals surface area (Å²) in [4.78, 5) is 19.9. The van der Waals surface area contributed by atoms with E-state index in [1.165, 1.54) is 18.6 Å². The Labute approximate surface area is 161 Å². The van der Waals surface area contributed by atoms with Gasteiger partial charge in [0, 0.05) is 29.7 Å². The van der Waals surface area contributed by atoms with Crippen LogP contribution in [0.3, 0.4) is 0 Å². The van der Waals surface area contributed by atoms with Crippen molar-refractivity contribution in [3.8, 4) is 16.9 Å². The molecule has 0 radical (unpaired) electrons. The smallest absolute Gasteiger partial charge is 0.265 e. The molecule has 4 rings (SSSR count). The summed E-state index contributed by atoms with van der Waals surface area (Å²) in [6, 6.07) is 19.6. The first-order chi connectivity index (χ1) is 13.8. The topological polar surface area (TPSA) is 85.1 Å². The van der Waals surface area contributed by atoms with Crippen LogP contribution in [0.1, 0.15) is 16.1 Å². The molecule has 7 heteroatoms. The number of hydrogen-bond donors (Lipinski definition) is 1. The number of aromatic nitrogens is 4. The number of para-hydroxylation sites is 1. The molecule has 0 saturated carbocycles. The molecule has 0 fully saturated rings. The lowest BCUT2D eigenvalue weighted by Gasteiger charge is -2.00. The van der Waals surface area contributed by atoms with Crippen LogP contribution in [0.4, 0.5) is 0 Å². The maximum atomic E-state index is 12.1. The molecule has 28 heavy (non-hydrogen) atoms. The first-order valence-electron chi connectivity index (χ1n) is 8.61. The van der Waals surface area contributed by atoms with Crippen molar-refractivity contribution in [1.29, 1.82) is 0 Å².